The van der Waals surface area contributed by atoms with Crippen molar-refractivity contribution in [2.24, 2.45) is 11.5 Å². The summed E-state index contributed by atoms with van der Waals surface area (Å²) in [6.07, 6.45) is 0. The Bertz CT molecular complexity index is 14.9. The van der Waals surface area contributed by atoms with Gasteiger partial charge in [0.1, 0.15) is 0 Å². The van der Waals surface area contributed by atoms with E-state index in [1.165, 1.54) is 0 Å². The van der Waals surface area contributed by atoms with Crippen molar-refractivity contribution in [2.45, 2.75) is 0 Å². The van der Waals surface area contributed by atoms with Crippen molar-refractivity contribution in [3.8, 4) is 0 Å². The molecule has 0 spiro atoms. The third-order valence-electron chi connectivity index (χ3n) is 0.167. The van der Waals surface area contributed by atoms with E-state index < -0.39 is 0 Å². The number of hydrogen-bond acceptors (Lipinski definition) is 2. The molecule has 0 saturated heterocycles. The summed E-state index contributed by atoms with van der Waals surface area (Å²) < 4.78 is 0. The van der Waals surface area contributed by atoms with Gasteiger partial charge >= 0.3 is 148 Å². The summed E-state index contributed by atoms with van der Waals surface area (Å²) in [5, 5.41) is 0. The predicted octanol–water partition coefficient (Wildman–Crippen LogP) is -4.34. The van der Waals surface area contributed by atoms with Gasteiger partial charge in [-0.15, -0.1) is 0 Å². The molecular formula is C2H13N2Na5. The van der Waals surface area contributed by atoms with Gasteiger partial charge in [0.2, 0.25) is 0 Å². The van der Waals surface area contributed by atoms with Gasteiger partial charge < -0.3 is 11.5 Å². The zero-order chi connectivity index (χ0) is 3.41. The molecule has 36 valence electrons. The van der Waals surface area contributed by atoms with Crippen LogP contribution in [0, 0.1) is 0 Å². The van der Waals surface area contributed by atoms with E-state index in [0.29, 0.717) is 13.1 Å². The molecule has 0 aromatic carbocycles. The van der Waals surface area contributed by atoms with Gasteiger partial charge in [-0.3, -0.25) is 0 Å². The fourth-order valence-electron chi connectivity index (χ4n) is 0. The molecule has 0 amide bonds. The summed E-state index contributed by atoms with van der Waals surface area (Å²) >= 11 is 0. The Balaban J connectivity index is -0.00000000450. The fraction of sp³-hybridized carbons (Fsp3) is 1.00. The zero-order valence-corrected chi connectivity index (χ0v) is 2.57. The molecule has 0 aliphatic rings. The van der Waals surface area contributed by atoms with Crippen LogP contribution in [0.25, 0.3) is 0 Å². The van der Waals surface area contributed by atoms with E-state index in [9.17, 15) is 0 Å². The van der Waals surface area contributed by atoms with Gasteiger partial charge in [0.15, 0.2) is 0 Å². The molecule has 0 radical (unpaired) electrons. The van der Waals surface area contributed by atoms with Crippen LogP contribution in [0.2, 0.25) is 0 Å². The van der Waals surface area contributed by atoms with E-state index >= 15 is 0 Å². The first-order valence-electron chi connectivity index (χ1n) is 1.32. The molecule has 0 unspecified atom stereocenters. The molecule has 0 aromatic heterocycles. The minimum absolute atomic E-state index is 0. The van der Waals surface area contributed by atoms with Crippen molar-refractivity contribution in [3.63, 3.8) is 0 Å². The van der Waals surface area contributed by atoms with Crippen molar-refractivity contribution in [3.05, 3.63) is 0 Å². The predicted molar refractivity (Wildman–Crippen MR) is 53.9 cm³/mol. The maximum atomic E-state index is 4.90. The number of rotatable bonds is 1. The third-order valence-corrected chi connectivity index (χ3v) is 0.167. The van der Waals surface area contributed by atoms with Crippen LogP contribution in [0.4, 0.5) is 0 Å². The third kappa shape index (κ3) is 44.0. The average Bonchev–Trinajstić information content (AvgIpc) is 1.37. The first-order valence-corrected chi connectivity index (χ1v) is 1.32. The van der Waals surface area contributed by atoms with Crippen molar-refractivity contribution in [2.75, 3.05) is 13.1 Å². The second kappa shape index (κ2) is 38.3. The van der Waals surface area contributed by atoms with Crippen LogP contribution in [0.5, 0.6) is 0 Å². The normalized spacial score (nSPS) is 3.33. The van der Waals surface area contributed by atoms with Gasteiger partial charge in [-0.25, -0.2) is 0 Å². The van der Waals surface area contributed by atoms with Gasteiger partial charge in [0.05, 0.1) is 0 Å². The Kier molecular flexibility index (Phi) is 158. The van der Waals surface area contributed by atoms with Gasteiger partial charge in [0, 0.05) is 13.1 Å². The molecule has 0 heterocycles. The van der Waals surface area contributed by atoms with E-state index in [4.69, 9.17) is 11.5 Å². The molecule has 7 heteroatoms. The van der Waals surface area contributed by atoms with E-state index in [-0.39, 0.29) is 148 Å². The van der Waals surface area contributed by atoms with E-state index in [2.05, 4.69) is 0 Å². The quantitative estimate of drug-likeness (QED) is 0.401. The Morgan fingerprint density at radius 3 is 0.667 bits per heavy atom. The van der Waals surface area contributed by atoms with Crippen LogP contribution >= 0.6 is 0 Å². The molecule has 2 nitrogen and oxygen atoms in total. The number of hydrogen-bond donors (Lipinski definition) is 2. The van der Waals surface area contributed by atoms with Crippen molar-refractivity contribution < 1.29 is 0 Å². The molecular weight excluding hydrogens is 167 g/mol. The summed E-state index contributed by atoms with van der Waals surface area (Å²) in [5.41, 5.74) is 9.81. The Morgan fingerprint density at radius 1 is 0.556 bits per heavy atom. The molecule has 0 aliphatic heterocycles. The maximum absolute atomic E-state index is 4.90. The van der Waals surface area contributed by atoms with Gasteiger partial charge in [-0.1, -0.05) is 0 Å². The average molecular weight is 180 g/mol. The second-order valence-electron chi connectivity index (χ2n) is 0.577. The fourth-order valence-corrected chi connectivity index (χ4v) is 0. The first kappa shape index (κ1) is 37.0. The second-order valence-corrected chi connectivity index (χ2v) is 0.577. The Morgan fingerprint density at radius 2 is 0.667 bits per heavy atom. The van der Waals surface area contributed by atoms with Crippen LogP contribution < -0.4 is 11.5 Å². The topological polar surface area (TPSA) is 52.0 Å². The molecule has 0 rings (SSSR count). The van der Waals surface area contributed by atoms with Gasteiger partial charge in [0.25, 0.3) is 0 Å². The van der Waals surface area contributed by atoms with Crippen LogP contribution in [-0.4, -0.2) is 161 Å². The van der Waals surface area contributed by atoms with E-state index in [0.717, 1.165) is 0 Å². The Hall–Kier alpha value is 4.92. The van der Waals surface area contributed by atoms with Crippen LogP contribution in [0.1, 0.15) is 0 Å². The molecule has 9 heavy (non-hydrogen) atoms. The first-order chi connectivity index (χ1) is 1.91. The zero-order valence-electron chi connectivity index (χ0n) is 2.57. The summed E-state index contributed by atoms with van der Waals surface area (Å²) in [7, 11) is 0. The van der Waals surface area contributed by atoms with E-state index in [1.54, 1.807) is 0 Å². The summed E-state index contributed by atoms with van der Waals surface area (Å²) in [6, 6.07) is 0. The standard InChI is InChI=1S/C2H8N2.5Na.5H/c3-1-2-4;;;;;;;;;;/h1-4H2;;;;;;;;;;. The van der Waals surface area contributed by atoms with Crippen molar-refractivity contribution >= 4 is 148 Å². The molecule has 0 saturated carbocycles. The summed E-state index contributed by atoms with van der Waals surface area (Å²) in [5.74, 6) is 0. The SMILES string of the molecule is NCCN.[NaH].[NaH].[NaH].[NaH].[NaH]. The molecule has 0 atom stereocenters. The van der Waals surface area contributed by atoms with Crippen molar-refractivity contribution in [1.82, 2.24) is 0 Å². The Labute approximate surface area is 168 Å². The van der Waals surface area contributed by atoms with Gasteiger partial charge in [-0.05, 0) is 0 Å². The monoisotopic (exact) mass is 180 g/mol. The van der Waals surface area contributed by atoms with Crippen LogP contribution in [0.3, 0.4) is 0 Å². The van der Waals surface area contributed by atoms with Crippen LogP contribution in [0.15, 0.2) is 0 Å². The van der Waals surface area contributed by atoms with E-state index in [1.807, 2.05) is 0 Å². The number of nitrogens with two attached hydrogens (primary N) is 2. The molecule has 0 aromatic rings. The van der Waals surface area contributed by atoms with Gasteiger partial charge in [-0.2, -0.15) is 0 Å². The van der Waals surface area contributed by atoms with Crippen molar-refractivity contribution in [1.29, 1.82) is 0 Å². The minimum atomic E-state index is 0. The molecule has 0 bridgehead atoms. The molecule has 0 fully saturated rings. The summed E-state index contributed by atoms with van der Waals surface area (Å²) in [6.45, 7) is 1.19. The molecule has 0 aliphatic carbocycles. The molecule has 4 N–H and O–H groups in total. The summed E-state index contributed by atoms with van der Waals surface area (Å²) in [4.78, 5) is 0. The van der Waals surface area contributed by atoms with Crippen LogP contribution in [-0.2, 0) is 0 Å².